The third-order valence-corrected chi connectivity index (χ3v) is 8.12. The summed E-state index contributed by atoms with van der Waals surface area (Å²) in [6.07, 6.45) is 0.270. The fourth-order valence-electron chi connectivity index (χ4n) is 3.26. The smallest absolute Gasteiger partial charge is 0.339 e. The number of rotatable bonds is 6. The summed E-state index contributed by atoms with van der Waals surface area (Å²) in [5.74, 6) is -1.65. The largest absolute Gasteiger partial charge is 0.465 e. The van der Waals surface area contributed by atoms with Gasteiger partial charge in [-0.05, 0) is 55.4 Å². The zero-order chi connectivity index (χ0) is 23.0. The van der Waals surface area contributed by atoms with E-state index >= 15 is 0 Å². The van der Waals surface area contributed by atoms with Crippen LogP contribution in [-0.2, 0) is 35.9 Å². The molecule has 1 aliphatic heterocycles. The van der Waals surface area contributed by atoms with Crippen LogP contribution in [0.3, 0.4) is 0 Å². The number of carbonyl (C=O) groups excluding carboxylic acids is 2. The fraction of sp³-hybridized carbons (Fsp3) is 0.263. The summed E-state index contributed by atoms with van der Waals surface area (Å²) in [6.45, 7) is 0.0315. The number of nitrogens with zero attached hydrogens (tertiary/aromatic N) is 1. The summed E-state index contributed by atoms with van der Waals surface area (Å²) in [6, 6.07) is 7.61. The molecular weight excluding hydrogens is 448 g/mol. The van der Waals surface area contributed by atoms with Crippen LogP contribution in [0.15, 0.2) is 46.2 Å². The molecule has 0 bridgehead atoms. The van der Waals surface area contributed by atoms with Crippen LogP contribution in [0, 0.1) is 0 Å². The van der Waals surface area contributed by atoms with Crippen LogP contribution in [0.25, 0.3) is 0 Å². The van der Waals surface area contributed by atoms with Crippen molar-refractivity contribution >= 4 is 37.7 Å². The fourth-order valence-corrected chi connectivity index (χ4v) is 5.75. The number of benzene rings is 2. The number of carbonyl (C=O) groups is 2. The van der Waals surface area contributed by atoms with Crippen molar-refractivity contribution in [1.29, 1.82) is 0 Å². The van der Waals surface area contributed by atoms with Gasteiger partial charge in [0.1, 0.15) is 4.90 Å². The molecule has 1 N–H and O–H groups in total. The molecule has 2 aromatic carbocycles. The summed E-state index contributed by atoms with van der Waals surface area (Å²) in [4.78, 5) is 23.7. The van der Waals surface area contributed by atoms with E-state index < -0.39 is 36.9 Å². The van der Waals surface area contributed by atoms with E-state index in [4.69, 9.17) is 0 Å². The Balaban J connectivity index is 2.14. The van der Waals surface area contributed by atoms with Crippen molar-refractivity contribution in [2.75, 3.05) is 32.1 Å². The Hall–Kier alpha value is -2.96. The lowest BCUT2D eigenvalue weighted by Gasteiger charge is -2.21. The first-order valence-corrected chi connectivity index (χ1v) is 11.9. The van der Waals surface area contributed by atoms with E-state index in [9.17, 15) is 26.4 Å². The molecule has 31 heavy (non-hydrogen) atoms. The summed E-state index contributed by atoms with van der Waals surface area (Å²) >= 11 is 0. The van der Waals surface area contributed by atoms with Crippen LogP contribution in [0.2, 0.25) is 0 Å². The lowest BCUT2D eigenvalue weighted by molar-refractivity contribution is 0.0583. The van der Waals surface area contributed by atoms with Crippen molar-refractivity contribution in [3.8, 4) is 0 Å². The third-order valence-electron chi connectivity index (χ3n) is 4.86. The van der Waals surface area contributed by atoms with E-state index in [0.717, 1.165) is 24.6 Å². The van der Waals surface area contributed by atoms with Crippen LogP contribution in [0.5, 0.6) is 0 Å². The third kappa shape index (κ3) is 4.01. The van der Waals surface area contributed by atoms with Crippen LogP contribution in [0.1, 0.15) is 26.3 Å². The van der Waals surface area contributed by atoms with Gasteiger partial charge in [0, 0.05) is 6.54 Å². The zero-order valence-electron chi connectivity index (χ0n) is 16.9. The lowest BCUT2D eigenvalue weighted by atomic mass is 10.1. The van der Waals surface area contributed by atoms with Gasteiger partial charge in [-0.3, -0.25) is 4.31 Å². The van der Waals surface area contributed by atoms with Gasteiger partial charge in [-0.15, -0.1) is 0 Å². The van der Waals surface area contributed by atoms with E-state index in [1.54, 1.807) is 0 Å². The predicted molar refractivity (Wildman–Crippen MR) is 110 cm³/mol. The molecular formula is C19H20N2O8S2. The maximum absolute atomic E-state index is 13.5. The number of hydrogen-bond donors (Lipinski definition) is 1. The van der Waals surface area contributed by atoms with Gasteiger partial charge < -0.3 is 9.47 Å². The van der Waals surface area contributed by atoms with Crippen molar-refractivity contribution in [3.05, 3.63) is 53.1 Å². The van der Waals surface area contributed by atoms with Gasteiger partial charge in [-0.2, -0.15) is 0 Å². The first-order valence-electron chi connectivity index (χ1n) is 8.96. The number of esters is 2. The van der Waals surface area contributed by atoms with Crippen molar-refractivity contribution in [1.82, 2.24) is 4.72 Å². The Morgan fingerprint density at radius 3 is 2.26 bits per heavy atom. The van der Waals surface area contributed by atoms with Gasteiger partial charge in [0.2, 0.25) is 10.0 Å². The van der Waals surface area contributed by atoms with E-state index in [-0.39, 0.29) is 34.7 Å². The van der Waals surface area contributed by atoms with Crippen molar-refractivity contribution in [3.63, 3.8) is 0 Å². The van der Waals surface area contributed by atoms with Crippen LogP contribution < -0.4 is 9.03 Å². The molecule has 0 unspecified atom stereocenters. The van der Waals surface area contributed by atoms with Crippen LogP contribution >= 0.6 is 0 Å². The predicted octanol–water partition coefficient (Wildman–Crippen LogP) is 0.919. The second kappa shape index (κ2) is 8.29. The van der Waals surface area contributed by atoms with Gasteiger partial charge in [0.25, 0.3) is 10.0 Å². The van der Waals surface area contributed by atoms with Crippen molar-refractivity contribution < 1.29 is 35.9 Å². The molecule has 0 atom stereocenters. The molecule has 0 aliphatic carbocycles. The maximum Gasteiger partial charge on any atom is 0.339 e. The molecule has 0 amide bonds. The molecule has 12 heteroatoms. The van der Waals surface area contributed by atoms with Gasteiger partial charge in [-0.25, -0.2) is 31.1 Å². The molecule has 10 nitrogen and oxygen atoms in total. The Morgan fingerprint density at radius 1 is 0.968 bits per heavy atom. The highest BCUT2D eigenvalue weighted by Gasteiger charge is 2.35. The summed E-state index contributed by atoms with van der Waals surface area (Å²) < 4.78 is 63.6. The number of sulfonamides is 2. The molecule has 1 aliphatic rings. The Morgan fingerprint density at radius 2 is 1.65 bits per heavy atom. The Kier molecular flexibility index (Phi) is 6.07. The number of methoxy groups -OCH3 is 2. The number of ether oxygens (including phenoxy) is 2. The molecule has 2 aromatic rings. The zero-order valence-corrected chi connectivity index (χ0v) is 18.5. The summed E-state index contributed by atoms with van der Waals surface area (Å²) in [7, 11) is -4.45. The molecule has 1 heterocycles. The molecule has 0 aromatic heterocycles. The normalized spacial score (nSPS) is 13.6. The van der Waals surface area contributed by atoms with E-state index in [0.29, 0.717) is 5.56 Å². The van der Waals surface area contributed by atoms with Crippen molar-refractivity contribution in [2.45, 2.75) is 16.2 Å². The van der Waals surface area contributed by atoms with E-state index in [1.165, 1.54) is 37.4 Å². The number of nitrogens with one attached hydrogen (secondary N) is 1. The first kappa shape index (κ1) is 22.7. The summed E-state index contributed by atoms with van der Waals surface area (Å²) in [5.41, 5.74) is 0.513. The molecule has 3 rings (SSSR count). The summed E-state index contributed by atoms with van der Waals surface area (Å²) in [5, 5.41) is 0. The molecule has 0 saturated carbocycles. The topological polar surface area (TPSA) is 136 Å². The minimum absolute atomic E-state index is 0.0101. The van der Waals surface area contributed by atoms with Crippen LogP contribution in [-0.4, -0.2) is 56.6 Å². The van der Waals surface area contributed by atoms with Gasteiger partial charge in [-0.1, -0.05) is 0 Å². The Labute approximate surface area is 179 Å². The molecule has 0 radical (unpaired) electrons. The highest BCUT2D eigenvalue weighted by molar-refractivity contribution is 7.93. The molecule has 0 fully saturated rings. The lowest BCUT2D eigenvalue weighted by Crippen LogP contribution is -2.31. The Bertz CT molecular complexity index is 1270. The van der Waals surface area contributed by atoms with E-state index in [2.05, 4.69) is 14.2 Å². The second-order valence-electron chi connectivity index (χ2n) is 6.52. The molecule has 0 saturated heterocycles. The van der Waals surface area contributed by atoms with E-state index in [1.807, 2.05) is 0 Å². The highest BCUT2D eigenvalue weighted by Crippen LogP contribution is 2.35. The van der Waals surface area contributed by atoms with Gasteiger partial charge in [0.05, 0.1) is 35.9 Å². The quantitative estimate of drug-likeness (QED) is 0.618. The monoisotopic (exact) mass is 468 g/mol. The first-order chi connectivity index (χ1) is 14.6. The average Bonchev–Trinajstić information content (AvgIpc) is 3.21. The highest BCUT2D eigenvalue weighted by atomic mass is 32.2. The van der Waals surface area contributed by atoms with Gasteiger partial charge >= 0.3 is 11.9 Å². The van der Waals surface area contributed by atoms with Crippen molar-refractivity contribution in [2.24, 2.45) is 0 Å². The number of fused-ring (bicyclic) bond motifs is 1. The maximum atomic E-state index is 13.5. The number of hydrogen-bond acceptors (Lipinski definition) is 8. The standard InChI is InChI=1S/C19H20N2O8S2/c1-20-30(24,25)14-5-7-16-12(10-14)8-9-21(16)31(26,27)17-11-13(18(22)28-2)4-6-15(17)19(23)29-3/h4-7,10-11,20H,8-9H2,1-3H3. The number of anilines is 1. The SMILES string of the molecule is CNS(=O)(=O)c1ccc2c(c1)CCN2S(=O)(=O)c1cc(C(=O)OC)ccc1C(=O)OC. The minimum Gasteiger partial charge on any atom is -0.465 e. The molecule has 0 spiro atoms. The average molecular weight is 469 g/mol. The van der Waals surface area contributed by atoms with Crippen LogP contribution in [0.4, 0.5) is 5.69 Å². The van der Waals surface area contributed by atoms with Gasteiger partial charge in [0.15, 0.2) is 0 Å². The second-order valence-corrected chi connectivity index (χ2v) is 10.2. The minimum atomic E-state index is -4.30. The molecule has 166 valence electrons.